The molecule has 1 aliphatic rings. The van der Waals surface area contributed by atoms with Gasteiger partial charge in [0, 0.05) is 5.92 Å². The molecule has 0 radical (unpaired) electrons. The Kier molecular flexibility index (Phi) is 3.23. The molecule has 1 aromatic heterocycles. The number of hydrogen-bond donors (Lipinski definition) is 0. The topological polar surface area (TPSA) is 25.8 Å². The van der Waals surface area contributed by atoms with Gasteiger partial charge in [-0.05, 0) is 37.3 Å². The fourth-order valence-electron chi connectivity index (χ4n) is 2.65. The van der Waals surface area contributed by atoms with Gasteiger partial charge in [0.1, 0.15) is 5.82 Å². The van der Waals surface area contributed by atoms with Crippen LogP contribution in [-0.4, -0.2) is 9.97 Å². The highest BCUT2D eigenvalue weighted by molar-refractivity contribution is 6.29. The van der Waals surface area contributed by atoms with E-state index in [1.54, 1.807) is 6.92 Å². The van der Waals surface area contributed by atoms with Crippen molar-refractivity contribution in [2.24, 2.45) is 0 Å². The fraction of sp³-hybridized carbons (Fsp3) is 0.333. The van der Waals surface area contributed by atoms with Crippen LogP contribution in [0.1, 0.15) is 35.0 Å². The van der Waals surface area contributed by atoms with Crippen molar-refractivity contribution >= 4 is 11.6 Å². The Hall–Kier alpha value is -1.48. The van der Waals surface area contributed by atoms with E-state index in [1.807, 2.05) is 6.07 Å². The standard InChI is InChI=1S/C15H14ClFN2/c1-9-13(17)14(16)19-15(18-9)12-7-6-10-4-2-3-5-11(10)8-12/h2-5,12H,6-8H2,1H3. The molecule has 98 valence electrons. The minimum absolute atomic E-state index is 0.0682. The molecule has 0 aliphatic heterocycles. The van der Waals surface area contributed by atoms with Crippen molar-refractivity contribution in [1.29, 1.82) is 0 Å². The number of rotatable bonds is 1. The predicted molar refractivity (Wildman–Crippen MR) is 72.9 cm³/mol. The molecule has 19 heavy (non-hydrogen) atoms. The highest BCUT2D eigenvalue weighted by atomic mass is 35.5. The SMILES string of the molecule is Cc1nc(C2CCc3ccccc3C2)nc(Cl)c1F. The Bertz CT molecular complexity index is 604. The van der Waals surface area contributed by atoms with Gasteiger partial charge in [-0.2, -0.15) is 0 Å². The Morgan fingerprint density at radius 1 is 1.21 bits per heavy atom. The van der Waals surface area contributed by atoms with Gasteiger partial charge in [-0.15, -0.1) is 0 Å². The van der Waals surface area contributed by atoms with Gasteiger partial charge in [-0.1, -0.05) is 35.9 Å². The second kappa shape index (κ2) is 4.89. The molecule has 2 nitrogen and oxygen atoms in total. The van der Waals surface area contributed by atoms with Crippen molar-refractivity contribution in [2.45, 2.75) is 32.1 Å². The molecule has 0 bridgehead atoms. The van der Waals surface area contributed by atoms with Crippen LogP contribution in [-0.2, 0) is 12.8 Å². The third-order valence-corrected chi connectivity index (χ3v) is 3.96. The van der Waals surface area contributed by atoms with Crippen LogP contribution in [0.2, 0.25) is 5.15 Å². The summed E-state index contributed by atoms with van der Waals surface area (Å²) < 4.78 is 13.5. The Labute approximate surface area is 116 Å². The molecule has 1 atom stereocenters. The first-order valence-corrected chi connectivity index (χ1v) is 6.79. The Morgan fingerprint density at radius 3 is 2.68 bits per heavy atom. The van der Waals surface area contributed by atoms with Gasteiger partial charge in [-0.25, -0.2) is 14.4 Å². The van der Waals surface area contributed by atoms with Crippen molar-refractivity contribution in [3.8, 4) is 0 Å². The van der Waals surface area contributed by atoms with Gasteiger partial charge in [0.2, 0.25) is 0 Å². The van der Waals surface area contributed by atoms with Crippen molar-refractivity contribution in [1.82, 2.24) is 9.97 Å². The summed E-state index contributed by atoms with van der Waals surface area (Å²) in [6.45, 7) is 1.63. The van der Waals surface area contributed by atoms with Crippen molar-refractivity contribution in [2.75, 3.05) is 0 Å². The summed E-state index contributed by atoms with van der Waals surface area (Å²) in [5.74, 6) is 0.381. The summed E-state index contributed by atoms with van der Waals surface area (Å²) in [6, 6.07) is 8.41. The number of aromatic nitrogens is 2. The average Bonchev–Trinajstić information content (AvgIpc) is 2.43. The second-order valence-electron chi connectivity index (χ2n) is 4.98. The van der Waals surface area contributed by atoms with E-state index in [0.717, 1.165) is 19.3 Å². The van der Waals surface area contributed by atoms with Gasteiger partial charge >= 0.3 is 0 Å². The molecule has 1 unspecified atom stereocenters. The first-order chi connectivity index (χ1) is 9.15. The zero-order valence-corrected chi connectivity index (χ0v) is 11.4. The number of fused-ring (bicyclic) bond motifs is 1. The van der Waals surface area contributed by atoms with Crippen LogP contribution in [0.15, 0.2) is 24.3 Å². The molecule has 0 spiro atoms. The summed E-state index contributed by atoms with van der Waals surface area (Å²) in [6.07, 6.45) is 2.90. The number of nitrogens with zero attached hydrogens (tertiary/aromatic N) is 2. The molecule has 4 heteroatoms. The molecule has 1 aromatic carbocycles. The third kappa shape index (κ3) is 2.35. The van der Waals surface area contributed by atoms with Crippen LogP contribution in [0.3, 0.4) is 0 Å². The first kappa shape index (κ1) is 12.5. The molecule has 1 heterocycles. The lowest BCUT2D eigenvalue weighted by molar-refractivity contribution is 0.537. The van der Waals surface area contributed by atoms with E-state index < -0.39 is 5.82 Å². The molecule has 2 aromatic rings. The summed E-state index contributed by atoms with van der Waals surface area (Å²) in [5, 5.41) is -0.0682. The fourth-order valence-corrected chi connectivity index (χ4v) is 2.87. The van der Waals surface area contributed by atoms with E-state index >= 15 is 0 Å². The molecular formula is C15H14ClFN2. The molecule has 0 saturated heterocycles. The lowest BCUT2D eigenvalue weighted by Gasteiger charge is -2.23. The van der Waals surface area contributed by atoms with Crippen molar-refractivity contribution in [3.63, 3.8) is 0 Å². The normalized spacial score (nSPS) is 18.2. The van der Waals surface area contributed by atoms with Gasteiger partial charge < -0.3 is 0 Å². The number of halogens is 2. The summed E-state index contributed by atoms with van der Waals surface area (Å²) in [7, 11) is 0. The van der Waals surface area contributed by atoms with Crippen LogP contribution in [0.4, 0.5) is 4.39 Å². The maximum atomic E-state index is 13.5. The van der Waals surface area contributed by atoms with Crippen LogP contribution in [0.25, 0.3) is 0 Å². The summed E-state index contributed by atoms with van der Waals surface area (Å²) >= 11 is 5.81. The van der Waals surface area contributed by atoms with Crippen LogP contribution in [0, 0.1) is 12.7 Å². The Balaban J connectivity index is 1.93. The van der Waals surface area contributed by atoms with E-state index in [4.69, 9.17) is 11.6 Å². The van der Waals surface area contributed by atoms with Gasteiger partial charge in [0.15, 0.2) is 11.0 Å². The highest BCUT2D eigenvalue weighted by Crippen LogP contribution is 2.31. The smallest absolute Gasteiger partial charge is 0.181 e. The van der Waals surface area contributed by atoms with Gasteiger partial charge in [0.05, 0.1) is 5.69 Å². The third-order valence-electron chi connectivity index (χ3n) is 3.71. The van der Waals surface area contributed by atoms with Gasteiger partial charge in [-0.3, -0.25) is 0 Å². The predicted octanol–water partition coefficient (Wildman–Crippen LogP) is 3.85. The van der Waals surface area contributed by atoms with E-state index in [9.17, 15) is 4.39 Å². The summed E-state index contributed by atoms with van der Waals surface area (Å²) in [4.78, 5) is 8.37. The van der Waals surface area contributed by atoms with Crippen LogP contribution < -0.4 is 0 Å². The molecule has 3 rings (SSSR count). The Morgan fingerprint density at radius 2 is 1.95 bits per heavy atom. The largest absolute Gasteiger partial charge is 0.235 e. The number of benzene rings is 1. The lowest BCUT2D eigenvalue weighted by Crippen LogP contribution is -2.16. The van der Waals surface area contributed by atoms with Crippen LogP contribution >= 0.6 is 11.6 Å². The molecular weight excluding hydrogens is 263 g/mol. The van der Waals surface area contributed by atoms with E-state index in [-0.39, 0.29) is 11.1 Å². The van der Waals surface area contributed by atoms with E-state index in [0.29, 0.717) is 11.5 Å². The maximum Gasteiger partial charge on any atom is 0.181 e. The first-order valence-electron chi connectivity index (χ1n) is 6.41. The van der Waals surface area contributed by atoms with Crippen molar-refractivity contribution in [3.05, 3.63) is 57.9 Å². The van der Waals surface area contributed by atoms with Crippen molar-refractivity contribution < 1.29 is 4.39 Å². The lowest BCUT2D eigenvalue weighted by atomic mass is 9.83. The zero-order valence-electron chi connectivity index (χ0n) is 10.7. The highest BCUT2D eigenvalue weighted by Gasteiger charge is 2.23. The molecule has 0 fully saturated rings. The monoisotopic (exact) mass is 276 g/mol. The maximum absolute atomic E-state index is 13.5. The number of aryl methyl sites for hydroxylation is 2. The number of hydrogen-bond acceptors (Lipinski definition) is 2. The zero-order chi connectivity index (χ0) is 13.4. The molecule has 0 amide bonds. The minimum atomic E-state index is -0.512. The molecule has 1 aliphatic carbocycles. The van der Waals surface area contributed by atoms with Gasteiger partial charge in [0.25, 0.3) is 0 Å². The van der Waals surface area contributed by atoms with E-state index in [1.165, 1.54) is 11.1 Å². The average molecular weight is 277 g/mol. The minimum Gasteiger partial charge on any atom is -0.235 e. The summed E-state index contributed by atoms with van der Waals surface area (Å²) in [5.41, 5.74) is 3.05. The molecule has 0 saturated carbocycles. The quantitative estimate of drug-likeness (QED) is 0.740. The molecule has 0 N–H and O–H groups in total. The van der Waals surface area contributed by atoms with E-state index in [2.05, 4.69) is 28.2 Å². The van der Waals surface area contributed by atoms with Crippen LogP contribution in [0.5, 0.6) is 0 Å². The second-order valence-corrected chi connectivity index (χ2v) is 5.34.